The van der Waals surface area contributed by atoms with Crippen molar-refractivity contribution >= 4 is 23.4 Å². The number of anilines is 2. The Morgan fingerprint density at radius 3 is 2.93 bits per heavy atom. The molecule has 1 aromatic rings. The summed E-state index contributed by atoms with van der Waals surface area (Å²) >= 11 is 5.80. The van der Waals surface area contributed by atoms with Gasteiger partial charge in [-0.1, -0.05) is 11.6 Å². The van der Waals surface area contributed by atoms with Gasteiger partial charge in [-0.3, -0.25) is 4.84 Å². The molecule has 0 amide bonds. The first kappa shape index (κ1) is 9.48. The van der Waals surface area contributed by atoms with Gasteiger partial charge in [0.2, 0.25) is 5.95 Å². The lowest BCUT2D eigenvalue weighted by atomic mass is 10.6. The minimum absolute atomic E-state index is 0.391. The normalized spacial score (nSPS) is 15.3. The number of hydrogen-bond donors (Lipinski definition) is 2. The van der Waals surface area contributed by atoms with E-state index in [4.69, 9.17) is 16.4 Å². The standard InChI is InChI=1S/C8H11ClN4O/c1-14-13-7-4-6(9)11-8(12-7)10-5-2-3-5/h4-5H,2-3H2,1H3,(H2,10,11,12,13). The van der Waals surface area contributed by atoms with Crippen LogP contribution in [0.4, 0.5) is 11.8 Å². The minimum atomic E-state index is 0.391. The van der Waals surface area contributed by atoms with Crippen LogP contribution in [-0.2, 0) is 4.84 Å². The number of nitrogens with one attached hydrogen (secondary N) is 2. The van der Waals surface area contributed by atoms with Crippen LogP contribution in [-0.4, -0.2) is 23.1 Å². The van der Waals surface area contributed by atoms with Crippen molar-refractivity contribution in [2.45, 2.75) is 18.9 Å². The first-order chi connectivity index (χ1) is 6.78. The van der Waals surface area contributed by atoms with E-state index >= 15 is 0 Å². The van der Waals surface area contributed by atoms with Crippen molar-refractivity contribution < 1.29 is 4.84 Å². The Bertz CT molecular complexity index is 329. The zero-order valence-electron chi connectivity index (χ0n) is 7.75. The second-order valence-corrected chi connectivity index (χ2v) is 3.51. The molecule has 1 aliphatic rings. The SMILES string of the molecule is CONc1cc(Cl)nc(NC2CC2)n1. The van der Waals surface area contributed by atoms with Gasteiger partial charge in [-0.05, 0) is 12.8 Å². The summed E-state index contributed by atoms with van der Waals surface area (Å²) in [5.41, 5.74) is 2.61. The van der Waals surface area contributed by atoms with Crippen molar-refractivity contribution in [3.05, 3.63) is 11.2 Å². The van der Waals surface area contributed by atoms with Crippen LogP contribution in [0, 0.1) is 0 Å². The molecule has 1 aliphatic carbocycles. The quantitative estimate of drug-likeness (QED) is 0.590. The fourth-order valence-electron chi connectivity index (χ4n) is 1.05. The minimum Gasteiger partial charge on any atom is -0.351 e. The van der Waals surface area contributed by atoms with Crippen LogP contribution < -0.4 is 10.8 Å². The van der Waals surface area contributed by atoms with E-state index < -0.39 is 0 Å². The van der Waals surface area contributed by atoms with Crippen molar-refractivity contribution in [1.29, 1.82) is 0 Å². The Balaban J connectivity index is 2.12. The van der Waals surface area contributed by atoms with Gasteiger partial charge in [0, 0.05) is 12.1 Å². The van der Waals surface area contributed by atoms with Gasteiger partial charge in [0.05, 0.1) is 7.11 Å². The maximum absolute atomic E-state index is 5.80. The molecule has 0 spiro atoms. The molecule has 1 aromatic heterocycles. The van der Waals surface area contributed by atoms with E-state index in [-0.39, 0.29) is 0 Å². The van der Waals surface area contributed by atoms with E-state index in [1.807, 2.05) is 0 Å². The van der Waals surface area contributed by atoms with E-state index in [0.717, 1.165) is 0 Å². The summed E-state index contributed by atoms with van der Waals surface area (Å²) in [4.78, 5) is 12.9. The molecule has 2 N–H and O–H groups in total. The Hall–Kier alpha value is -1.07. The molecular weight excluding hydrogens is 204 g/mol. The number of nitrogens with zero attached hydrogens (tertiary/aromatic N) is 2. The molecule has 0 saturated heterocycles. The molecule has 0 bridgehead atoms. The molecule has 14 heavy (non-hydrogen) atoms. The van der Waals surface area contributed by atoms with Crippen molar-refractivity contribution in [2.75, 3.05) is 17.9 Å². The first-order valence-electron chi connectivity index (χ1n) is 4.38. The van der Waals surface area contributed by atoms with E-state index in [9.17, 15) is 0 Å². The van der Waals surface area contributed by atoms with Crippen LogP contribution in [0.2, 0.25) is 5.15 Å². The summed E-state index contributed by atoms with van der Waals surface area (Å²) in [6.07, 6.45) is 2.34. The summed E-state index contributed by atoms with van der Waals surface area (Å²) in [6.45, 7) is 0. The lowest BCUT2D eigenvalue weighted by Crippen LogP contribution is -2.07. The largest absolute Gasteiger partial charge is 0.351 e. The molecule has 0 atom stereocenters. The van der Waals surface area contributed by atoms with Crippen LogP contribution in [0.15, 0.2) is 6.07 Å². The maximum Gasteiger partial charge on any atom is 0.226 e. The third-order valence-corrected chi connectivity index (χ3v) is 2.01. The van der Waals surface area contributed by atoms with Crippen LogP contribution in [0.5, 0.6) is 0 Å². The van der Waals surface area contributed by atoms with Crippen molar-refractivity contribution in [3.8, 4) is 0 Å². The zero-order valence-corrected chi connectivity index (χ0v) is 8.51. The molecule has 5 nitrogen and oxygen atoms in total. The van der Waals surface area contributed by atoms with Gasteiger partial charge < -0.3 is 5.32 Å². The van der Waals surface area contributed by atoms with Crippen molar-refractivity contribution in [2.24, 2.45) is 0 Å². The highest BCUT2D eigenvalue weighted by atomic mass is 35.5. The molecule has 0 aliphatic heterocycles. The van der Waals surface area contributed by atoms with Gasteiger partial charge in [-0.2, -0.15) is 4.98 Å². The summed E-state index contributed by atoms with van der Waals surface area (Å²) in [7, 11) is 1.52. The van der Waals surface area contributed by atoms with Gasteiger partial charge in [-0.15, -0.1) is 0 Å². The highest BCUT2D eigenvalue weighted by Gasteiger charge is 2.22. The first-order valence-corrected chi connectivity index (χ1v) is 4.76. The van der Waals surface area contributed by atoms with Gasteiger partial charge in [-0.25, -0.2) is 10.5 Å². The lowest BCUT2D eigenvalue weighted by Gasteiger charge is -2.06. The van der Waals surface area contributed by atoms with Gasteiger partial charge in [0.1, 0.15) is 5.15 Å². The fourth-order valence-corrected chi connectivity index (χ4v) is 1.23. The van der Waals surface area contributed by atoms with Gasteiger partial charge in [0.25, 0.3) is 0 Å². The van der Waals surface area contributed by atoms with Crippen LogP contribution in [0.1, 0.15) is 12.8 Å². The molecule has 0 aromatic carbocycles. The van der Waals surface area contributed by atoms with E-state index in [1.165, 1.54) is 20.0 Å². The van der Waals surface area contributed by atoms with E-state index in [0.29, 0.717) is 23.0 Å². The monoisotopic (exact) mass is 214 g/mol. The highest BCUT2D eigenvalue weighted by Crippen LogP contribution is 2.24. The third-order valence-electron chi connectivity index (χ3n) is 1.81. The molecule has 76 valence electrons. The average molecular weight is 215 g/mol. The number of aromatic nitrogens is 2. The zero-order chi connectivity index (χ0) is 9.97. The topological polar surface area (TPSA) is 59.1 Å². The van der Waals surface area contributed by atoms with Crippen molar-refractivity contribution in [1.82, 2.24) is 9.97 Å². The van der Waals surface area contributed by atoms with Crippen LogP contribution in [0.25, 0.3) is 0 Å². The Labute approximate surface area is 86.8 Å². The van der Waals surface area contributed by atoms with Crippen molar-refractivity contribution in [3.63, 3.8) is 0 Å². The highest BCUT2D eigenvalue weighted by molar-refractivity contribution is 6.29. The predicted octanol–water partition coefficient (Wildman–Crippen LogP) is 1.68. The molecule has 1 saturated carbocycles. The molecular formula is C8H11ClN4O. The fraction of sp³-hybridized carbons (Fsp3) is 0.500. The lowest BCUT2D eigenvalue weighted by molar-refractivity contribution is 0.269. The van der Waals surface area contributed by atoms with E-state index in [2.05, 4.69) is 20.8 Å². The maximum atomic E-state index is 5.80. The second-order valence-electron chi connectivity index (χ2n) is 3.12. The smallest absolute Gasteiger partial charge is 0.226 e. The average Bonchev–Trinajstić information content (AvgIpc) is 2.87. The summed E-state index contributed by atoms with van der Waals surface area (Å²) in [5.74, 6) is 1.09. The molecule has 1 fully saturated rings. The van der Waals surface area contributed by atoms with Gasteiger partial charge in [0.15, 0.2) is 5.82 Å². The molecule has 1 heterocycles. The molecule has 0 unspecified atom stereocenters. The van der Waals surface area contributed by atoms with Gasteiger partial charge >= 0.3 is 0 Å². The van der Waals surface area contributed by atoms with Crippen LogP contribution in [0.3, 0.4) is 0 Å². The number of hydrogen-bond acceptors (Lipinski definition) is 5. The molecule has 0 radical (unpaired) electrons. The Morgan fingerprint density at radius 2 is 2.29 bits per heavy atom. The summed E-state index contributed by atoms with van der Waals surface area (Å²) < 4.78 is 0. The third kappa shape index (κ3) is 2.46. The molecule has 6 heteroatoms. The Kier molecular flexibility index (Phi) is 2.69. The summed E-state index contributed by atoms with van der Waals surface area (Å²) in [6, 6.07) is 2.10. The second kappa shape index (κ2) is 3.98. The Morgan fingerprint density at radius 1 is 1.50 bits per heavy atom. The number of rotatable bonds is 4. The summed E-state index contributed by atoms with van der Waals surface area (Å²) in [5, 5.41) is 3.54. The van der Waals surface area contributed by atoms with Crippen LogP contribution >= 0.6 is 11.6 Å². The molecule has 2 rings (SSSR count). The van der Waals surface area contributed by atoms with E-state index in [1.54, 1.807) is 6.07 Å². The predicted molar refractivity (Wildman–Crippen MR) is 54.3 cm³/mol. The number of halogens is 1.